The van der Waals surface area contributed by atoms with Gasteiger partial charge in [0.2, 0.25) is 0 Å². The third-order valence-corrected chi connectivity index (χ3v) is 1.79. The van der Waals surface area contributed by atoms with Crippen molar-refractivity contribution in [3.8, 4) is 0 Å². The van der Waals surface area contributed by atoms with Crippen molar-refractivity contribution in [1.82, 2.24) is 0 Å². The van der Waals surface area contributed by atoms with Gasteiger partial charge in [-0.05, 0) is 16.5 Å². The molecule has 9 heavy (non-hydrogen) atoms. The molecule has 0 aliphatic heterocycles. The summed E-state index contributed by atoms with van der Waals surface area (Å²) in [6.07, 6.45) is 0. The lowest BCUT2D eigenvalue weighted by molar-refractivity contribution is 1.08. The average Bonchev–Trinajstić information content (AvgIpc) is 1.80. The molecule has 0 amide bonds. The number of hydrogen-bond acceptors (Lipinski definition) is 2. The SMILES string of the molecule is CC(C)SCCN=[N+]=[N-]. The van der Waals surface area contributed by atoms with Gasteiger partial charge < -0.3 is 0 Å². The second-order valence-corrected chi connectivity index (χ2v) is 3.56. The van der Waals surface area contributed by atoms with Crippen molar-refractivity contribution in [3.05, 3.63) is 10.4 Å². The Labute approximate surface area is 59.5 Å². The number of rotatable bonds is 4. The van der Waals surface area contributed by atoms with E-state index in [9.17, 15) is 0 Å². The van der Waals surface area contributed by atoms with Crippen LogP contribution in [0.1, 0.15) is 13.8 Å². The highest BCUT2D eigenvalue weighted by Gasteiger charge is 1.90. The van der Waals surface area contributed by atoms with Crippen LogP contribution < -0.4 is 0 Å². The van der Waals surface area contributed by atoms with E-state index in [4.69, 9.17) is 5.53 Å². The fraction of sp³-hybridized carbons (Fsp3) is 1.00. The van der Waals surface area contributed by atoms with E-state index in [1.54, 1.807) is 11.8 Å². The molecule has 0 spiro atoms. The summed E-state index contributed by atoms with van der Waals surface area (Å²) in [6, 6.07) is 0. The quantitative estimate of drug-likeness (QED) is 0.259. The Morgan fingerprint density at radius 1 is 1.67 bits per heavy atom. The lowest BCUT2D eigenvalue weighted by Crippen LogP contribution is -1.91. The largest absolute Gasteiger partial charge is 0.159 e. The molecular weight excluding hydrogens is 134 g/mol. The van der Waals surface area contributed by atoms with Crippen LogP contribution in [0.5, 0.6) is 0 Å². The molecule has 0 bridgehead atoms. The Kier molecular flexibility index (Phi) is 5.57. The minimum Gasteiger partial charge on any atom is -0.159 e. The number of hydrogen-bond donors (Lipinski definition) is 0. The first-order valence-electron chi connectivity index (χ1n) is 2.90. The second-order valence-electron chi connectivity index (χ2n) is 1.87. The fourth-order valence-electron chi connectivity index (χ4n) is 0.374. The summed E-state index contributed by atoms with van der Waals surface area (Å²) >= 11 is 1.81. The molecule has 4 heteroatoms. The third-order valence-electron chi connectivity index (χ3n) is 0.706. The summed E-state index contributed by atoms with van der Waals surface area (Å²) in [5.41, 5.74) is 7.88. The first-order valence-corrected chi connectivity index (χ1v) is 3.94. The van der Waals surface area contributed by atoms with E-state index >= 15 is 0 Å². The number of azide groups is 1. The molecule has 0 fully saturated rings. The third kappa shape index (κ3) is 7.66. The Morgan fingerprint density at radius 2 is 2.33 bits per heavy atom. The van der Waals surface area contributed by atoms with Crippen molar-refractivity contribution in [2.45, 2.75) is 19.1 Å². The molecule has 0 saturated heterocycles. The Balaban J connectivity index is 3.00. The highest BCUT2D eigenvalue weighted by molar-refractivity contribution is 7.99. The van der Waals surface area contributed by atoms with Gasteiger partial charge in [0, 0.05) is 11.5 Å². The molecule has 0 aromatic carbocycles. The highest BCUT2D eigenvalue weighted by atomic mass is 32.2. The predicted molar refractivity (Wildman–Crippen MR) is 41.6 cm³/mol. The molecule has 0 rings (SSSR count). The lowest BCUT2D eigenvalue weighted by Gasteiger charge is -1.99. The van der Waals surface area contributed by atoms with Gasteiger partial charge in [0.1, 0.15) is 0 Å². The Hall–Kier alpha value is -0.340. The van der Waals surface area contributed by atoms with Crippen molar-refractivity contribution >= 4 is 11.8 Å². The average molecular weight is 145 g/mol. The van der Waals surface area contributed by atoms with E-state index in [-0.39, 0.29) is 0 Å². The zero-order valence-corrected chi connectivity index (χ0v) is 6.56. The molecule has 3 nitrogen and oxygen atoms in total. The van der Waals surface area contributed by atoms with Gasteiger partial charge in [0.15, 0.2) is 0 Å². The summed E-state index contributed by atoms with van der Waals surface area (Å²) in [4.78, 5) is 2.64. The van der Waals surface area contributed by atoms with Crippen molar-refractivity contribution in [3.63, 3.8) is 0 Å². The molecule has 0 radical (unpaired) electrons. The minimum atomic E-state index is 0.610. The van der Waals surface area contributed by atoms with E-state index < -0.39 is 0 Å². The topological polar surface area (TPSA) is 48.8 Å². The van der Waals surface area contributed by atoms with Crippen LogP contribution in [0, 0.1) is 0 Å². The zero-order chi connectivity index (χ0) is 7.11. The van der Waals surface area contributed by atoms with Crippen LogP contribution in [-0.2, 0) is 0 Å². The van der Waals surface area contributed by atoms with Crippen molar-refractivity contribution in [2.75, 3.05) is 12.3 Å². The molecule has 0 atom stereocenters. The van der Waals surface area contributed by atoms with Crippen molar-refractivity contribution in [2.24, 2.45) is 5.11 Å². The van der Waals surface area contributed by atoms with Crippen LogP contribution in [-0.4, -0.2) is 17.5 Å². The maximum atomic E-state index is 7.88. The van der Waals surface area contributed by atoms with Crippen LogP contribution in [0.3, 0.4) is 0 Å². The van der Waals surface area contributed by atoms with Crippen LogP contribution in [0.25, 0.3) is 10.4 Å². The molecule has 0 heterocycles. The first kappa shape index (κ1) is 8.66. The standard InChI is InChI=1S/C5H11N3S/c1-5(2)9-4-3-7-8-6/h5H,3-4H2,1-2H3. The molecule has 0 aliphatic rings. The zero-order valence-electron chi connectivity index (χ0n) is 5.74. The summed E-state index contributed by atoms with van der Waals surface area (Å²) in [7, 11) is 0. The van der Waals surface area contributed by atoms with Crippen LogP contribution in [0.4, 0.5) is 0 Å². The minimum absolute atomic E-state index is 0.610. The monoisotopic (exact) mass is 145 g/mol. The fourth-order valence-corrected chi connectivity index (χ4v) is 1.03. The van der Waals surface area contributed by atoms with Gasteiger partial charge >= 0.3 is 0 Å². The van der Waals surface area contributed by atoms with Crippen LogP contribution in [0.15, 0.2) is 5.11 Å². The molecule has 0 aliphatic carbocycles. The van der Waals surface area contributed by atoms with E-state index in [0.717, 1.165) is 5.75 Å². The van der Waals surface area contributed by atoms with Gasteiger partial charge in [-0.25, -0.2) is 0 Å². The molecule has 0 aromatic heterocycles. The molecule has 0 aromatic rings. The van der Waals surface area contributed by atoms with E-state index in [1.165, 1.54) is 0 Å². The summed E-state index contributed by atoms with van der Waals surface area (Å²) in [5.74, 6) is 0.932. The summed E-state index contributed by atoms with van der Waals surface area (Å²) in [5, 5.41) is 4.04. The lowest BCUT2D eigenvalue weighted by atomic mass is 10.6. The second kappa shape index (κ2) is 5.79. The van der Waals surface area contributed by atoms with Crippen LogP contribution in [0.2, 0.25) is 0 Å². The van der Waals surface area contributed by atoms with E-state index in [1.807, 2.05) is 0 Å². The van der Waals surface area contributed by atoms with Crippen LogP contribution >= 0.6 is 11.8 Å². The van der Waals surface area contributed by atoms with Gasteiger partial charge in [0.05, 0.1) is 0 Å². The van der Waals surface area contributed by atoms with E-state index in [2.05, 4.69) is 23.9 Å². The Bertz CT molecular complexity index is 107. The predicted octanol–water partition coefficient (Wildman–Crippen LogP) is 2.44. The number of nitrogens with zero attached hydrogens (tertiary/aromatic N) is 3. The van der Waals surface area contributed by atoms with Crippen molar-refractivity contribution < 1.29 is 0 Å². The maximum absolute atomic E-state index is 7.88. The summed E-state index contributed by atoms with van der Waals surface area (Å²) in [6.45, 7) is 4.86. The highest BCUT2D eigenvalue weighted by Crippen LogP contribution is 2.07. The normalized spacial score (nSPS) is 9.22. The van der Waals surface area contributed by atoms with Gasteiger partial charge in [-0.1, -0.05) is 19.0 Å². The van der Waals surface area contributed by atoms with Gasteiger partial charge in [0.25, 0.3) is 0 Å². The Morgan fingerprint density at radius 3 is 2.78 bits per heavy atom. The van der Waals surface area contributed by atoms with Gasteiger partial charge in [-0.15, -0.1) is 0 Å². The van der Waals surface area contributed by atoms with Gasteiger partial charge in [-0.3, -0.25) is 0 Å². The molecule has 52 valence electrons. The molecule has 0 saturated carbocycles. The molecular formula is C5H11N3S. The van der Waals surface area contributed by atoms with Crippen molar-refractivity contribution in [1.29, 1.82) is 0 Å². The number of thioether (sulfide) groups is 1. The summed E-state index contributed by atoms with van der Waals surface area (Å²) < 4.78 is 0. The van der Waals surface area contributed by atoms with Gasteiger partial charge in [-0.2, -0.15) is 11.8 Å². The van der Waals surface area contributed by atoms with E-state index in [0.29, 0.717) is 11.8 Å². The molecule has 0 unspecified atom stereocenters. The molecule has 0 N–H and O–H groups in total. The smallest absolute Gasteiger partial charge is 0.0348 e. The maximum Gasteiger partial charge on any atom is 0.0348 e. The first-order chi connectivity index (χ1) is 4.27.